The lowest BCUT2D eigenvalue weighted by Gasteiger charge is -2.13. The molecule has 0 saturated carbocycles. The SMILES string of the molecule is C=C/C=C(\C=C)COC(=O)CC(NC=O)C(=O)OC. The second kappa shape index (κ2) is 9.64. The van der Waals surface area contributed by atoms with Crippen LogP contribution in [0.1, 0.15) is 6.42 Å². The summed E-state index contributed by atoms with van der Waals surface area (Å²) in [6, 6.07) is -1.05. The first-order valence-electron chi connectivity index (χ1n) is 5.46. The number of rotatable bonds is 9. The van der Waals surface area contributed by atoms with Crippen LogP contribution in [0.25, 0.3) is 0 Å². The average molecular weight is 267 g/mol. The Morgan fingerprint density at radius 3 is 2.53 bits per heavy atom. The number of hydrogen-bond donors (Lipinski definition) is 1. The van der Waals surface area contributed by atoms with Crippen molar-refractivity contribution in [3.05, 3.63) is 37.0 Å². The molecule has 0 rings (SSSR count). The van der Waals surface area contributed by atoms with Crippen LogP contribution in [0, 0.1) is 0 Å². The van der Waals surface area contributed by atoms with E-state index in [-0.39, 0.29) is 13.0 Å². The third-order valence-corrected chi connectivity index (χ3v) is 2.12. The summed E-state index contributed by atoms with van der Waals surface area (Å²) in [5, 5.41) is 2.18. The minimum absolute atomic E-state index is 0.0172. The zero-order chi connectivity index (χ0) is 14.7. The molecule has 1 unspecified atom stereocenters. The van der Waals surface area contributed by atoms with Gasteiger partial charge in [0.25, 0.3) is 0 Å². The van der Waals surface area contributed by atoms with E-state index in [2.05, 4.69) is 23.2 Å². The molecule has 6 nitrogen and oxygen atoms in total. The molecule has 0 aliphatic rings. The Hall–Kier alpha value is -2.37. The minimum Gasteiger partial charge on any atom is -0.467 e. The highest BCUT2D eigenvalue weighted by atomic mass is 16.5. The Balaban J connectivity index is 4.37. The number of esters is 2. The van der Waals surface area contributed by atoms with Crippen molar-refractivity contribution in [1.29, 1.82) is 0 Å². The summed E-state index contributed by atoms with van der Waals surface area (Å²) in [7, 11) is 1.16. The molecule has 1 atom stereocenters. The van der Waals surface area contributed by atoms with Crippen LogP contribution < -0.4 is 5.32 Å². The van der Waals surface area contributed by atoms with Gasteiger partial charge in [-0.3, -0.25) is 9.59 Å². The maximum absolute atomic E-state index is 11.5. The van der Waals surface area contributed by atoms with E-state index < -0.39 is 18.0 Å². The Kier molecular flexibility index (Phi) is 8.44. The lowest BCUT2D eigenvalue weighted by atomic mass is 10.2. The van der Waals surface area contributed by atoms with Gasteiger partial charge in [0.2, 0.25) is 6.41 Å². The molecular formula is C13H17NO5. The normalized spacial score (nSPS) is 11.9. The summed E-state index contributed by atoms with van der Waals surface area (Å²) in [6.45, 7) is 7.07. The second-order valence-corrected chi connectivity index (χ2v) is 3.41. The van der Waals surface area contributed by atoms with Gasteiger partial charge in [0.05, 0.1) is 13.5 Å². The molecule has 0 aliphatic heterocycles. The highest BCUT2D eigenvalue weighted by Crippen LogP contribution is 2.02. The quantitative estimate of drug-likeness (QED) is 0.374. The fourth-order valence-electron chi connectivity index (χ4n) is 1.15. The number of carbonyl (C=O) groups excluding carboxylic acids is 3. The highest BCUT2D eigenvalue weighted by molar-refractivity contribution is 5.84. The number of nitrogens with one attached hydrogen (secondary N) is 1. The summed E-state index contributed by atoms with van der Waals surface area (Å²) in [5.41, 5.74) is 0.668. The molecule has 104 valence electrons. The molecule has 0 fully saturated rings. The molecule has 19 heavy (non-hydrogen) atoms. The molecule has 0 aromatic rings. The molecule has 0 bridgehead atoms. The largest absolute Gasteiger partial charge is 0.467 e. The first kappa shape index (κ1) is 16.6. The van der Waals surface area contributed by atoms with Crippen LogP contribution in [0.15, 0.2) is 37.0 Å². The number of methoxy groups -OCH3 is 1. The molecule has 0 spiro atoms. The van der Waals surface area contributed by atoms with E-state index >= 15 is 0 Å². The molecule has 6 heteroatoms. The molecule has 1 N–H and O–H groups in total. The lowest BCUT2D eigenvalue weighted by Crippen LogP contribution is -2.39. The maximum atomic E-state index is 11.5. The lowest BCUT2D eigenvalue weighted by molar-refractivity contribution is -0.151. The first-order chi connectivity index (χ1) is 9.08. The summed E-state index contributed by atoms with van der Waals surface area (Å²) >= 11 is 0. The molecule has 0 saturated heterocycles. The predicted octanol–water partition coefficient (Wildman–Crippen LogP) is 0.506. The van der Waals surface area contributed by atoms with Gasteiger partial charge in [0.1, 0.15) is 12.6 Å². The number of amides is 1. The van der Waals surface area contributed by atoms with Crippen molar-refractivity contribution < 1.29 is 23.9 Å². The fraction of sp³-hybridized carbons (Fsp3) is 0.308. The van der Waals surface area contributed by atoms with E-state index in [1.807, 2.05) is 0 Å². The van der Waals surface area contributed by atoms with E-state index in [1.54, 1.807) is 6.08 Å². The summed E-state index contributed by atoms with van der Waals surface area (Å²) in [5.74, 6) is -1.35. The monoisotopic (exact) mass is 267 g/mol. The van der Waals surface area contributed by atoms with Crippen LogP contribution >= 0.6 is 0 Å². The zero-order valence-electron chi connectivity index (χ0n) is 10.8. The Morgan fingerprint density at radius 2 is 2.05 bits per heavy atom. The van der Waals surface area contributed by atoms with Gasteiger partial charge in [-0.05, 0) is 5.57 Å². The van der Waals surface area contributed by atoms with Crippen molar-refractivity contribution in [2.24, 2.45) is 0 Å². The van der Waals surface area contributed by atoms with Crippen molar-refractivity contribution in [3.63, 3.8) is 0 Å². The Labute approximate surface area is 111 Å². The van der Waals surface area contributed by atoms with E-state index in [0.29, 0.717) is 12.0 Å². The standard InChI is InChI=1S/C13H17NO5/c1-4-6-10(5-2)8-19-12(16)7-11(14-9-15)13(17)18-3/h4-6,9,11H,1-2,7-8H2,3H3,(H,14,15)/b10-6+. The molecule has 0 aromatic heterocycles. The van der Waals surface area contributed by atoms with Crippen LogP contribution in [-0.2, 0) is 23.9 Å². The number of ether oxygens (including phenoxy) is 2. The van der Waals surface area contributed by atoms with Crippen molar-refractivity contribution >= 4 is 18.3 Å². The van der Waals surface area contributed by atoms with E-state index in [1.165, 1.54) is 12.2 Å². The van der Waals surface area contributed by atoms with Crippen molar-refractivity contribution in [2.45, 2.75) is 12.5 Å². The van der Waals surface area contributed by atoms with Gasteiger partial charge >= 0.3 is 11.9 Å². The first-order valence-corrected chi connectivity index (χ1v) is 5.46. The Morgan fingerprint density at radius 1 is 1.37 bits per heavy atom. The summed E-state index contributed by atoms with van der Waals surface area (Å²) < 4.78 is 9.37. The summed E-state index contributed by atoms with van der Waals surface area (Å²) in [6.07, 6.45) is 4.72. The van der Waals surface area contributed by atoms with Gasteiger partial charge in [-0.2, -0.15) is 0 Å². The zero-order valence-corrected chi connectivity index (χ0v) is 10.8. The van der Waals surface area contributed by atoms with Crippen molar-refractivity contribution in [1.82, 2.24) is 5.32 Å². The average Bonchev–Trinajstić information content (AvgIpc) is 2.42. The molecule has 1 amide bonds. The number of allylic oxidation sites excluding steroid dienone is 2. The fourth-order valence-corrected chi connectivity index (χ4v) is 1.15. The van der Waals surface area contributed by atoms with E-state index in [0.717, 1.165) is 7.11 Å². The Bertz CT molecular complexity index is 386. The van der Waals surface area contributed by atoms with Crippen LogP contribution in [0.2, 0.25) is 0 Å². The third kappa shape index (κ3) is 6.82. The van der Waals surface area contributed by atoms with Gasteiger partial charge < -0.3 is 14.8 Å². The van der Waals surface area contributed by atoms with Gasteiger partial charge in [-0.25, -0.2) is 4.79 Å². The van der Waals surface area contributed by atoms with Crippen LogP contribution in [0.3, 0.4) is 0 Å². The van der Waals surface area contributed by atoms with Crippen LogP contribution in [-0.4, -0.2) is 38.1 Å². The number of hydrogen-bond acceptors (Lipinski definition) is 5. The van der Waals surface area contributed by atoms with Crippen LogP contribution in [0.4, 0.5) is 0 Å². The maximum Gasteiger partial charge on any atom is 0.328 e. The van der Waals surface area contributed by atoms with Crippen molar-refractivity contribution in [3.8, 4) is 0 Å². The van der Waals surface area contributed by atoms with Gasteiger partial charge in [0, 0.05) is 0 Å². The molecule has 0 heterocycles. The molecular weight excluding hydrogens is 250 g/mol. The van der Waals surface area contributed by atoms with Gasteiger partial charge in [-0.1, -0.05) is 31.4 Å². The minimum atomic E-state index is -1.05. The highest BCUT2D eigenvalue weighted by Gasteiger charge is 2.22. The summed E-state index contributed by atoms with van der Waals surface area (Å²) in [4.78, 5) is 33.1. The third-order valence-electron chi connectivity index (χ3n) is 2.12. The van der Waals surface area contributed by atoms with E-state index in [4.69, 9.17) is 4.74 Å². The second-order valence-electron chi connectivity index (χ2n) is 3.41. The van der Waals surface area contributed by atoms with Gasteiger partial charge in [0.15, 0.2) is 0 Å². The molecule has 0 aliphatic carbocycles. The van der Waals surface area contributed by atoms with Crippen LogP contribution in [0.5, 0.6) is 0 Å². The number of carbonyl (C=O) groups is 3. The van der Waals surface area contributed by atoms with E-state index in [9.17, 15) is 14.4 Å². The topological polar surface area (TPSA) is 81.7 Å². The smallest absolute Gasteiger partial charge is 0.328 e. The predicted molar refractivity (Wildman–Crippen MR) is 69.1 cm³/mol. The molecule has 0 radical (unpaired) electrons. The van der Waals surface area contributed by atoms with Gasteiger partial charge in [-0.15, -0.1) is 0 Å². The van der Waals surface area contributed by atoms with Crippen molar-refractivity contribution in [2.75, 3.05) is 13.7 Å². The molecule has 0 aromatic carbocycles.